The van der Waals surface area contributed by atoms with E-state index in [0.29, 0.717) is 19.3 Å². The number of nitrogens with zero attached hydrogens (tertiary/aromatic N) is 2. The zero-order valence-corrected chi connectivity index (χ0v) is 9.98. The zero-order chi connectivity index (χ0) is 14.0. The van der Waals surface area contributed by atoms with Crippen LogP contribution in [0.4, 0.5) is 13.2 Å². The molecule has 2 atom stereocenters. The molecule has 0 amide bonds. The summed E-state index contributed by atoms with van der Waals surface area (Å²) in [5.41, 5.74) is 0. The third-order valence-electron chi connectivity index (χ3n) is 3.25. The summed E-state index contributed by atoms with van der Waals surface area (Å²) in [5.74, 6) is -1.19. The Hall–Kier alpha value is -1.60. The number of aryl methyl sites for hydroxylation is 1. The molecule has 1 fully saturated rings. The second-order valence-corrected chi connectivity index (χ2v) is 4.71. The van der Waals surface area contributed by atoms with Gasteiger partial charge in [0.15, 0.2) is 5.82 Å². The summed E-state index contributed by atoms with van der Waals surface area (Å²) in [6.45, 7) is 0. The predicted molar refractivity (Wildman–Crippen MR) is 56.4 cm³/mol. The fourth-order valence-electron chi connectivity index (χ4n) is 2.22. The maximum absolute atomic E-state index is 12.0. The van der Waals surface area contributed by atoms with Crippen molar-refractivity contribution in [2.24, 2.45) is 5.92 Å². The molecule has 0 bridgehead atoms. The van der Waals surface area contributed by atoms with Crippen LogP contribution in [0.1, 0.15) is 43.3 Å². The van der Waals surface area contributed by atoms with Gasteiger partial charge < -0.3 is 9.63 Å². The van der Waals surface area contributed by atoms with Crippen molar-refractivity contribution >= 4 is 5.97 Å². The molecule has 1 aromatic heterocycles. The topological polar surface area (TPSA) is 76.2 Å². The molecule has 8 heteroatoms. The van der Waals surface area contributed by atoms with Gasteiger partial charge in [0.05, 0.1) is 12.3 Å². The molecule has 0 aromatic carbocycles. The molecule has 0 saturated heterocycles. The number of aromatic nitrogens is 2. The van der Waals surface area contributed by atoms with E-state index in [4.69, 9.17) is 9.63 Å². The molecule has 1 aliphatic rings. The summed E-state index contributed by atoms with van der Waals surface area (Å²) in [6, 6.07) is 0. The average Bonchev–Trinajstić information content (AvgIpc) is 2.94. The van der Waals surface area contributed by atoms with E-state index >= 15 is 0 Å². The van der Waals surface area contributed by atoms with Crippen LogP contribution in [0.25, 0.3) is 0 Å². The van der Waals surface area contributed by atoms with Crippen LogP contribution < -0.4 is 0 Å². The first kappa shape index (κ1) is 13.8. The van der Waals surface area contributed by atoms with Crippen LogP contribution in [-0.4, -0.2) is 27.4 Å². The molecule has 5 nitrogen and oxygen atoms in total. The SMILES string of the molecule is O=C(O)C1CCC(c2nc(CCC(F)(F)F)no2)C1. The number of hydrogen-bond donors (Lipinski definition) is 1. The van der Waals surface area contributed by atoms with E-state index in [9.17, 15) is 18.0 Å². The van der Waals surface area contributed by atoms with E-state index in [1.165, 1.54) is 0 Å². The van der Waals surface area contributed by atoms with Crippen LogP contribution >= 0.6 is 0 Å². The number of rotatable bonds is 4. The van der Waals surface area contributed by atoms with Crippen molar-refractivity contribution in [1.82, 2.24) is 10.1 Å². The molecule has 2 unspecified atom stereocenters. The molecular weight excluding hydrogens is 265 g/mol. The van der Waals surface area contributed by atoms with Crippen LogP contribution in [0, 0.1) is 5.92 Å². The molecule has 19 heavy (non-hydrogen) atoms. The van der Waals surface area contributed by atoms with Crippen LogP contribution in [0.3, 0.4) is 0 Å². The Morgan fingerprint density at radius 2 is 2.16 bits per heavy atom. The van der Waals surface area contributed by atoms with E-state index in [2.05, 4.69) is 10.1 Å². The molecule has 0 aliphatic heterocycles. The Balaban J connectivity index is 1.93. The van der Waals surface area contributed by atoms with Gasteiger partial charge in [0.1, 0.15) is 0 Å². The number of carboxylic acids is 1. The van der Waals surface area contributed by atoms with Crippen molar-refractivity contribution in [3.8, 4) is 0 Å². The Morgan fingerprint density at radius 1 is 1.42 bits per heavy atom. The summed E-state index contributed by atoms with van der Waals surface area (Å²) in [6.07, 6.45) is -4.02. The highest BCUT2D eigenvalue weighted by molar-refractivity contribution is 5.70. The molecule has 2 rings (SSSR count). The molecule has 0 radical (unpaired) electrons. The summed E-state index contributed by atoms with van der Waals surface area (Å²) in [7, 11) is 0. The van der Waals surface area contributed by atoms with E-state index < -0.39 is 24.5 Å². The minimum Gasteiger partial charge on any atom is -0.481 e. The molecule has 1 N–H and O–H groups in total. The monoisotopic (exact) mass is 278 g/mol. The Kier molecular flexibility index (Phi) is 3.77. The maximum Gasteiger partial charge on any atom is 0.389 e. The first-order chi connectivity index (χ1) is 8.85. The molecule has 0 spiro atoms. The molecular formula is C11H13F3N2O3. The summed E-state index contributed by atoms with van der Waals surface area (Å²) >= 11 is 0. The molecule has 1 aromatic rings. The van der Waals surface area contributed by atoms with Crippen molar-refractivity contribution in [1.29, 1.82) is 0 Å². The van der Waals surface area contributed by atoms with Gasteiger partial charge in [-0.15, -0.1) is 0 Å². The van der Waals surface area contributed by atoms with Crippen molar-refractivity contribution in [3.05, 3.63) is 11.7 Å². The first-order valence-corrected chi connectivity index (χ1v) is 5.97. The highest BCUT2D eigenvalue weighted by atomic mass is 19.4. The number of aliphatic carboxylic acids is 1. The van der Waals surface area contributed by atoms with E-state index in [1.807, 2.05) is 0 Å². The van der Waals surface area contributed by atoms with Crippen molar-refractivity contribution in [2.45, 2.75) is 44.2 Å². The van der Waals surface area contributed by atoms with E-state index in [0.717, 1.165) is 0 Å². The van der Waals surface area contributed by atoms with Gasteiger partial charge in [-0.05, 0) is 19.3 Å². The second kappa shape index (κ2) is 5.18. The summed E-state index contributed by atoms with van der Waals surface area (Å²) in [4.78, 5) is 14.7. The third kappa shape index (κ3) is 3.68. The van der Waals surface area contributed by atoms with Gasteiger partial charge in [0.25, 0.3) is 0 Å². The summed E-state index contributed by atoms with van der Waals surface area (Å²) in [5, 5.41) is 12.4. The Bertz CT molecular complexity index is 458. The predicted octanol–water partition coefficient (Wildman–Crippen LogP) is 2.53. The fraction of sp³-hybridized carbons (Fsp3) is 0.727. The van der Waals surface area contributed by atoms with Crippen molar-refractivity contribution in [2.75, 3.05) is 0 Å². The van der Waals surface area contributed by atoms with Gasteiger partial charge in [-0.25, -0.2) is 0 Å². The number of hydrogen-bond acceptors (Lipinski definition) is 4. The summed E-state index contributed by atoms with van der Waals surface area (Å²) < 4.78 is 41.0. The van der Waals surface area contributed by atoms with Gasteiger partial charge in [0, 0.05) is 12.3 Å². The number of carbonyl (C=O) groups is 1. The van der Waals surface area contributed by atoms with Crippen molar-refractivity contribution < 1.29 is 27.6 Å². The second-order valence-electron chi connectivity index (χ2n) is 4.71. The fourth-order valence-corrected chi connectivity index (χ4v) is 2.22. The zero-order valence-electron chi connectivity index (χ0n) is 9.98. The number of carboxylic acid groups (broad SMARTS) is 1. The normalized spacial score (nSPS) is 23.7. The lowest BCUT2D eigenvalue weighted by atomic mass is 10.1. The third-order valence-corrected chi connectivity index (χ3v) is 3.25. The highest BCUT2D eigenvalue weighted by Crippen LogP contribution is 2.37. The number of alkyl halides is 3. The quantitative estimate of drug-likeness (QED) is 0.915. The smallest absolute Gasteiger partial charge is 0.389 e. The van der Waals surface area contributed by atoms with E-state index in [-0.39, 0.29) is 24.1 Å². The van der Waals surface area contributed by atoms with E-state index in [1.54, 1.807) is 0 Å². The lowest BCUT2D eigenvalue weighted by Crippen LogP contribution is -2.09. The largest absolute Gasteiger partial charge is 0.481 e. The van der Waals surface area contributed by atoms with Crippen LogP contribution in [0.5, 0.6) is 0 Å². The van der Waals surface area contributed by atoms with Crippen LogP contribution in [0.15, 0.2) is 4.52 Å². The van der Waals surface area contributed by atoms with Gasteiger partial charge in [-0.2, -0.15) is 18.2 Å². The molecule has 1 saturated carbocycles. The van der Waals surface area contributed by atoms with Gasteiger partial charge in [-0.3, -0.25) is 4.79 Å². The maximum atomic E-state index is 12.0. The molecule has 1 heterocycles. The van der Waals surface area contributed by atoms with Gasteiger partial charge in [-0.1, -0.05) is 5.16 Å². The number of halogens is 3. The first-order valence-electron chi connectivity index (χ1n) is 5.97. The van der Waals surface area contributed by atoms with Crippen LogP contribution in [0.2, 0.25) is 0 Å². The molecule has 1 aliphatic carbocycles. The van der Waals surface area contributed by atoms with Gasteiger partial charge in [0.2, 0.25) is 5.89 Å². The molecule has 106 valence electrons. The van der Waals surface area contributed by atoms with Crippen molar-refractivity contribution in [3.63, 3.8) is 0 Å². The lowest BCUT2D eigenvalue weighted by molar-refractivity contribution is -0.141. The standard InChI is InChI=1S/C11H13F3N2O3/c12-11(13,14)4-3-8-15-9(19-16-8)6-1-2-7(5-6)10(17)18/h6-7H,1-5H2,(H,17,18). The minimum atomic E-state index is -4.25. The van der Waals surface area contributed by atoms with Gasteiger partial charge >= 0.3 is 12.1 Å². The Labute approximate surface area is 106 Å². The lowest BCUT2D eigenvalue weighted by Gasteiger charge is -2.03. The highest BCUT2D eigenvalue weighted by Gasteiger charge is 2.34. The van der Waals surface area contributed by atoms with Crippen LogP contribution in [-0.2, 0) is 11.2 Å². The average molecular weight is 278 g/mol. The Morgan fingerprint density at radius 3 is 2.74 bits per heavy atom. The minimum absolute atomic E-state index is 0.0195.